The molecule has 0 heterocycles. The van der Waals surface area contributed by atoms with E-state index >= 15 is 0 Å². The molecule has 0 saturated carbocycles. The van der Waals surface area contributed by atoms with Gasteiger partial charge in [-0.05, 0) is 31.6 Å². The first kappa shape index (κ1) is 84.1. The van der Waals surface area contributed by atoms with Gasteiger partial charge in [0.25, 0.3) is 0 Å². The monoisotopic (exact) mass is 1270 g/mol. The lowest BCUT2D eigenvalue weighted by Crippen LogP contribution is -2.30. The van der Waals surface area contributed by atoms with Gasteiger partial charge < -0.3 is 33.8 Å². The summed E-state index contributed by atoms with van der Waals surface area (Å²) >= 11 is 0. The molecule has 0 aromatic carbocycles. The zero-order chi connectivity index (χ0) is 63.5. The van der Waals surface area contributed by atoms with E-state index in [1.54, 1.807) is 0 Å². The number of rotatable bonds is 67. The van der Waals surface area contributed by atoms with Crippen LogP contribution in [-0.2, 0) is 65.4 Å². The molecule has 17 nitrogen and oxygen atoms in total. The summed E-state index contributed by atoms with van der Waals surface area (Å²) in [5.41, 5.74) is 0. The van der Waals surface area contributed by atoms with Gasteiger partial charge >= 0.3 is 39.5 Å². The summed E-state index contributed by atoms with van der Waals surface area (Å²) < 4.78 is 68.0. The summed E-state index contributed by atoms with van der Waals surface area (Å²) in [6.07, 6.45) is 45.8. The standard InChI is InChI=1S/C67H130O17P2/c1-6-10-13-16-19-21-23-24-25-26-27-33-38-43-48-53-67(72)84-63(57-78-65(70)51-46-41-36-32-29-28-30-35-39-44-49-60(5)9-4)59-82-86(75,76)80-55-61(68)54-79-85(73,74)81-58-62(56-77-64(69)50-45-40-34-18-15-12-8-3)83-66(71)52-47-42-37-31-22-20-17-14-11-7-2/h60-63,68H,6-59H2,1-5H3,(H,73,74)(H,75,76)/t60?,61-,62+,63+/m0/s1. The van der Waals surface area contributed by atoms with Crippen LogP contribution < -0.4 is 0 Å². The second kappa shape index (κ2) is 60.6. The van der Waals surface area contributed by atoms with E-state index in [2.05, 4.69) is 34.6 Å². The molecule has 0 radical (unpaired) electrons. The summed E-state index contributed by atoms with van der Waals surface area (Å²) in [5, 5.41) is 10.5. The first-order valence-electron chi connectivity index (χ1n) is 35.2. The van der Waals surface area contributed by atoms with E-state index in [1.165, 1.54) is 154 Å². The second-order valence-corrected chi connectivity index (χ2v) is 27.4. The molecule has 510 valence electrons. The Hall–Kier alpha value is -1.94. The van der Waals surface area contributed by atoms with Gasteiger partial charge in [-0.1, -0.05) is 291 Å². The van der Waals surface area contributed by atoms with Crippen molar-refractivity contribution in [1.82, 2.24) is 0 Å². The number of hydrogen-bond acceptors (Lipinski definition) is 15. The van der Waals surface area contributed by atoms with Gasteiger partial charge in [0.15, 0.2) is 12.2 Å². The van der Waals surface area contributed by atoms with Crippen LogP contribution in [0.1, 0.15) is 343 Å². The highest BCUT2D eigenvalue weighted by atomic mass is 31.2. The van der Waals surface area contributed by atoms with Crippen LogP contribution in [0.15, 0.2) is 0 Å². The molecular formula is C67H130O17P2. The first-order chi connectivity index (χ1) is 41.6. The van der Waals surface area contributed by atoms with Crippen LogP contribution in [-0.4, -0.2) is 96.7 Å². The lowest BCUT2D eigenvalue weighted by molar-refractivity contribution is -0.161. The van der Waals surface area contributed by atoms with Gasteiger partial charge in [-0.15, -0.1) is 0 Å². The number of aliphatic hydroxyl groups is 1. The molecule has 6 atom stereocenters. The maximum Gasteiger partial charge on any atom is 0.472 e. The van der Waals surface area contributed by atoms with E-state index in [0.29, 0.717) is 25.7 Å². The van der Waals surface area contributed by atoms with Gasteiger partial charge in [0.05, 0.1) is 26.4 Å². The highest BCUT2D eigenvalue weighted by Crippen LogP contribution is 2.45. The molecule has 0 aliphatic carbocycles. The molecule has 0 bridgehead atoms. The smallest absolute Gasteiger partial charge is 0.462 e. The number of ether oxygens (including phenoxy) is 4. The molecule has 86 heavy (non-hydrogen) atoms. The van der Waals surface area contributed by atoms with Gasteiger partial charge in [0.1, 0.15) is 19.3 Å². The van der Waals surface area contributed by atoms with Crippen molar-refractivity contribution in [2.45, 2.75) is 361 Å². The van der Waals surface area contributed by atoms with Crippen LogP contribution in [0.4, 0.5) is 0 Å². The largest absolute Gasteiger partial charge is 0.472 e. The van der Waals surface area contributed by atoms with Crippen LogP contribution in [0.5, 0.6) is 0 Å². The minimum absolute atomic E-state index is 0.106. The van der Waals surface area contributed by atoms with Gasteiger partial charge in [0, 0.05) is 25.7 Å². The molecule has 3 unspecified atom stereocenters. The topological polar surface area (TPSA) is 237 Å². The fourth-order valence-electron chi connectivity index (χ4n) is 10.1. The SMILES string of the molecule is CCCCCCCCCCCCCCCCCC(=O)O[C@H](COC(=O)CCCCCCCCCCCCC(C)CC)COP(=O)(O)OC[C@@H](O)COP(=O)(O)OC[C@@H](COC(=O)CCCCCCCCC)OC(=O)CCCCCCCCCCCC. The molecule has 0 aromatic heterocycles. The average Bonchev–Trinajstić information content (AvgIpc) is 3.66. The van der Waals surface area contributed by atoms with E-state index in [0.717, 1.165) is 109 Å². The minimum atomic E-state index is -4.95. The molecule has 0 amide bonds. The van der Waals surface area contributed by atoms with Gasteiger partial charge in [0.2, 0.25) is 0 Å². The summed E-state index contributed by atoms with van der Waals surface area (Å²) in [5.74, 6) is -1.32. The molecule has 0 aliphatic heterocycles. The number of phosphoric acid groups is 2. The summed E-state index contributed by atoms with van der Waals surface area (Å²) in [6.45, 7) is 7.21. The Kier molecular flexibility index (Phi) is 59.2. The second-order valence-electron chi connectivity index (χ2n) is 24.5. The van der Waals surface area contributed by atoms with Crippen LogP contribution >= 0.6 is 15.6 Å². The van der Waals surface area contributed by atoms with Crippen molar-refractivity contribution in [3.05, 3.63) is 0 Å². The lowest BCUT2D eigenvalue weighted by atomic mass is 9.99. The number of hydrogen-bond donors (Lipinski definition) is 3. The zero-order valence-corrected chi connectivity index (χ0v) is 57.2. The van der Waals surface area contributed by atoms with Crippen molar-refractivity contribution < 1.29 is 80.2 Å². The third kappa shape index (κ3) is 59.7. The van der Waals surface area contributed by atoms with E-state index in [4.69, 9.17) is 37.0 Å². The summed E-state index contributed by atoms with van der Waals surface area (Å²) in [7, 11) is -9.89. The Morgan fingerprint density at radius 2 is 0.558 bits per heavy atom. The van der Waals surface area contributed by atoms with Crippen molar-refractivity contribution in [2.75, 3.05) is 39.6 Å². The molecule has 3 N–H and O–H groups in total. The van der Waals surface area contributed by atoms with Crippen LogP contribution in [0.3, 0.4) is 0 Å². The maximum absolute atomic E-state index is 13.0. The lowest BCUT2D eigenvalue weighted by Gasteiger charge is -2.21. The number of esters is 4. The Labute approximate surface area is 524 Å². The van der Waals surface area contributed by atoms with E-state index in [-0.39, 0.29) is 25.7 Å². The van der Waals surface area contributed by atoms with Crippen LogP contribution in [0.2, 0.25) is 0 Å². The van der Waals surface area contributed by atoms with Crippen molar-refractivity contribution in [1.29, 1.82) is 0 Å². The molecule has 0 aromatic rings. The third-order valence-electron chi connectivity index (χ3n) is 15.9. The van der Waals surface area contributed by atoms with E-state index in [9.17, 15) is 43.2 Å². The third-order valence-corrected chi connectivity index (χ3v) is 17.8. The highest BCUT2D eigenvalue weighted by molar-refractivity contribution is 7.47. The Morgan fingerprint density at radius 1 is 0.326 bits per heavy atom. The quantitative estimate of drug-likeness (QED) is 0.0222. The van der Waals surface area contributed by atoms with Gasteiger partial charge in [-0.25, -0.2) is 9.13 Å². The fraction of sp³-hybridized carbons (Fsp3) is 0.940. The molecule has 0 saturated heterocycles. The van der Waals surface area contributed by atoms with E-state index in [1.807, 2.05) is 0 Å². The summed E-state index contributed by atoms with van der Waals surface area (Å²) in [4.78, 5) is 72.3. The number of carbonyl (C=O) groups excluding carboxylic acids is 4. The van der Waals surface area contributed by atoms with Crippen molar-refractivity contribution >= 4 is 39.5 Å². The molecule has 0 aliphatic rings. The number of carbonyl (C=O) groups is 4. The number of aliphatic hydroxyl groups excluding tert-OH is 1. The van der Waals surface area contributed by atoms with Crippen LogP contribution in [0, 0.1) is 5.92 Å². The molecule has 19 heteroatoms. The predicted octanol–water partition coefficient (Wildman–Crippen LogP) is 19.0. The fourth-order valence-corrected chi connectivity index (χ4v) is 11.7. The molecule has 0 rings (SSSR count). The molecular weight excluding hydrogens is 1140 g/mol. The Balaban J connectivity index is 5.21. The molecule has 0 spiro atoms. The van der Waals surface area contributed by atoms with Crippen molar-refractivity contribution in [3.63, 3.8) is 0 Å². The average molecular weight is 1270 g/mol. The number of phosphoric ester groups is 2. The highest BCUT2D eigenvalue weighted by Gasteiger charge is 2.30. The molecule has 0 fully saturated rings. The first-order valence-corrected chi connectivity index (χ1v) is 38.2. The summed E-state index contributed by atoms with van der Waals surface area (Å²) in [6, 6.07) is 0. The predicted molar refractivity (Wildman–Crippen MR) is 345 cm³/mol. The zero-order valence-electron chi connectivity index (χ0n) is 55.4. The number of unbranched alkanes of at least 4 members (excludes halogenated alkanes) is 38. The van der Waals surface area contributed by atoms with Gasteiger partial charge in [-0.2, -0.15) is 0 Å². The van der Waals surface area contributed by atoms with Crippen LogP contribution in [0.25, 0.3) is 0 Å². The Bertz CT molecular complexity index is 1670. The van der Waals surface area contributed by atoms with Crippen molar-refractivity contribution in [2.24, 2.45) is 5.92 Å². The van der Waals surface area contributed by atoms with E-state index < -0.39 is 97.5 Å². The van der Waals surface area contributed by atoms with Crippen molar-refractivity contribution in [3.8, 4) is 0 Å². The Morgan fingerprint density at radius 3 is 0.826 bits per heavy atom. The maximum atomic E-state index is 13.0. The minimum Gasteiger partial charge on any atom is -0.462 e. The van der Waals surface area contributed by atoms with Gasteiger partial charge in [-0.3, -0.25) is 37.3 Å². The normalized spacial score (nSPS) is 14.5.